The Kier molecular flexibility index (Phi) is 6.02. The van der Waals surface area contributed by atoms with Crippen LogP contribution in [0, 0.1) is 13.8 Å². The lowest BCUT2D eigenvalue weighted by Gasteiger charge is -2.34. The van der Waals surface area contributed by atoms with Gasteiger partial charge in [-0.25, -0.2) is 14.8 Å². The van der Waals surface area contributed by atoms with Crippen LogP contribution in [0.4, 0.5) is 10.9 Å². The monoisotopic (exact) mass is 389 g/mol. The number of amides is 1. The lowest BCUT2D eigenvalue weighted by Crippen LogP contribution is -2.49. The number of carbonyl (C=O) groups is 2. The molecule has 0 unspecified atom stereocenters. The molecule has 0 saturated carbocycles. The summed E-state index contributed by atoms with van der Waals surface area (Å²) in [5, 5.41) is 3.43. The summed E-state index contributed by atoms with van der Waals surface area (Å²) in [7, 11) is 1.34. The standard InChI is InChI=1S/C18H23N5O3S/c1-12-13(2)27-16(15(12)17(25)26-3)21-14(24)11-22-7-9-23(10-8-22)18-19-5-4-6-20-18/h4-6H,7-11H2,1-3H3,(H,21,24). The number of hydrogen-bond donors (Lipinski definition) is 1. The first-order valence-electron chi connectivity index (χ1n) is 8.72. The number of nitrogens with zero attached hydrogens (tertiary/aromatic N) is 4. The van der Waals surface area contributed by atoms with E-state index in [0.717, 1.165) is 36.6 Å². The molecule has 0 spiro atoms. The molecule has 144 valence electrons. The second-order valence-electron chi connectivity index (χ2n) is 6.34. The van der Waals surface area contributed by atoms with Crippen LogP contribution < -0.4 is 10.2 Å². The predicted octanol–water partition coefficient (Wildman–Crippen LogP) is 1.70. The van der Waals surface area contributed by atoms with Crippen LogP contribution in [0.3, 0.4) is 0 Å². The first-order valence-corrected chi connectivity index (χ1v) is 9.53. The summed E-state index contributed by atoms with van der Waals surface area (Å²) in [5.74, 6) is 0.156. The fraction of sp³-hybridized carbons (Fsp3) is 0.444. The first kappa shape index (κ1) is 19.2. The van der Waals surface area contributed by atoms with Gasteiger partial charge in [0.05, 0.1) is 19.2 Å². The molecule has 1 fully saturated rings. The molecule has 2 aromatic heterocycles. The number of piperazine rings is 1. The van der Waals surface area contributed by atoms with Gasteiger partial charge in [-0.2, -0.15) is 0 Å². The van der Waals surface area contributed by atoms with Crippen molar-refractivity contribution in [3.63, 3.8) is 0 Å². The Morgan fingerprint density at radius 2 is 1.85 bits per heavy atom. The van der Waals surface area contributed by atoms with Crippen molar-refractivity contribution in [2.75, 3.05) is 50.1 Å². The highest BCUT2D eigenvalue weighted by Crippen LogP contribution is 2.32. The van der Waals surface area contributed by atoms with Gasteiger partial charge in [0.2, 0.25) is 11.9 Å². The fourth-order valence-electron chi connectivity index (χ4n) is 2.99. The zero-order chi connectivity index (χ0) is 19.4. The zero-order valence-electron chi connectivity index (χ0n) is 15.7. The van der Waals surface area contributed by atoms with Crippen molar-refractivity contribution in [3.05, 3.63) is 34.5 Å². The van der Waals surface area contributed by atoms with E-state index in [4.69, 9.17) is 4.74 Å². The molecule has 3 rings (SSSR count). The fourth-order valence-corrected chi connectivity index (χ4v) is 4.06. The van der Waals surface area contributed by atoms with E-state index in [0.29, 0.717) is 16.5 Å². The number of aromatic nitrogens is 2. The van der Waals surface area contributed by atoms with Crippen LogP contribution in [0.1, 0.15) is 20.8 Å². The first-order chi connectivity index (χ1) is 13.0. The van der Waals surface area contributed by atoms with E-state index in [-0.39, 0.29) is 12.5 Å². The van der Waals surface area contributed by atoms with E-state index in [1.165, 1.54) is 18.4 Å². The average Bonchev–Trinajstić information content (AvgIpc) is 2.95. The van der Waals surface area contributed by atoms with E-state index in [2.05, 4.69) is 25.1 Å². The van der Waals surface area contributed by atoms with Crippen molar-refractivity contribution >= 4 is 34.2 Å². The average molecular weight is 389 g/mol. The van der Waals surface area contributed by atoms with Crippen LogP contribution in [0.5, 0.6) is 0 Å². The third-order valence-electron chi connectivity index (χ3n) is 4.60. The summed E-state index contributed by atoms with van der Waals surface area (Å²) >= 11 is 1.40. The van der Waals surface area contributed by atoms with Gasteiger partial charge in [-0.3, -0.25) is 9.69 Å². The lowest BCUT2D eigenvalue weighted by atomic mass is 10.1. The minimum Gasteiger partial charge on any atom is -0.465 e. The Morgan fingerprint density at radius 1 is 1.19 bits per heavy atom. The summed E-state index contributed by atoms with van der Waals surface area (Å²) in [4.78, 5) is 38.2. The van der Waals surface area contributed by atoms with Gasteiger partial charge in [0.25, 0.3) is 0 Å². The Hall–Kier alpha value is -2.52. The summed E-state index contributed by atoms with van der Waals surface area (Å²) < 4.78 is 4.85. The molecule has 1 amide bonds. The second kappa shape index (κ2) is 8.45. The van der Waals surface area contributed by atoms with Crippen molar-refractivity contribution in [2.24, 2.45) is 0 Å². The van der Waals surface area contributed by atoms with Gasteiger partial charge in [-0.1, -0.05) is 0 Å². The van der Waals surface area contributed by atoms with Crippen molar-refractivity contribution < 1.29 is 14.3 Å². The number of thiophene rings is 1. The maximum atomic E-state index is 12.5. The number of esters is 1. The summed E-state index contributed by atoms with van der Waals surface area (Å²) in [6, 6.07) is 1.79. The minimum atomic E-state index is -0.427. The number of nitrogens with one attached hydrogen (secondary N) is 1. The van der Waals surface area contributed by atoms with E-state index in [1.54, 1.807) is 18.5 Å². The predicted molar refractivity (Wildman–Crippen MR) is 104 cm³/mol. The smallest absolute Gasteiger partial charge is 0.341 e. The van der Waals surface area contributed by atoms with Crippen LogP contribution in [0.2, 0.25) is 0 Å². The molecule has 0 bridgehead atoms. The van der Waals surface area contributed by atoms with Gasteiger partial charge in [0.1, 0.15) is 5.00 Å². The molecule has 1 aliphatic rings. The second-order valence-corrected chi connectivity index (χ2v) is 7.56. The van der Waals surface area contributed by atoms with Crippen LogP contribution >= 0.6 is 11.3 Å². The molecule has 1 aliphatic heterocycles. The van der Waals surface area contributed by atoms with Gasteiger partial charge in [0, 0.05) is 43.4 Å². The van der Waals surface area contributed by atoms with Gasteiger partial charge in [-0.15, -0.1) is 11.3 Å². The van der Waals surface area contributed by atoms with E-state index in [9.17, 15) is 9.59 Å². The zero-order valence-corrected chi connectivity index (χ0v) is 16.5. The summed E-state index contributed by atoms with van der Waals surface area (Å²) in [6.45, 7) is 7.09. The Morgan fingerprint density at radius 3 is 2.48 bits per heavy atom. The van der Waals surface area contributed by atoms with Gasteiger partial charge >= 0.3 is 5.97 Å². The summed E-state index contributed by atoms with van der Waals surface area (Å²) in [5.41, 5.74) is 1.29. The number of rotatable bonds is 5. The SMILES string of the molecule is COC(=O)c1c(NC(=O)CN2CCN(c3ncccn3)CC2)sc(C)c1C. The lowest BCUT2D eigenvalue weighted by molar-refractivity contribution is -0.117. The highest BCUT2D eigenvalue weighted by molar-refractivity contribution is 7.16. The molecule has 1 saturated heterocycles. The summed E-state index contributed by atoms with van der Waals surface area (Å²) in [6.07, 6.45) is 3.46. The normalized spacial score (nSPS) is 14.9. The van der Waals surface area contributed by atoms with Crippen LogP contribution in [0.15, 0.2) is 18.5 Å². The molecule has 27 heavy (non-hydrogen) atoms. The van der Waals surface area contributed by atoms with Crippen molar-refractivity contribution in [2.45, 2.75) is 13.8 Å². The number of carbonyl (C=O) groups excluding carboxylic acids is 2. The molecule has 0 radical (unpaired) electrons. The van der Waals surface area contributed by atoms with Crippen LogP contribution in [-0.4, -0.2) is 66.6 Å². The molecule has 0 aliphatic carbocycles. The molecular weight excluding hydrogens is 366 g/mol. The number of methoxy groups -OCH3 is 1. The Bertz CT molecular complexity index is 816. The highest BCUT2D eigenvalue weighted by atomic mass is 32.1. The molecule has 1 N–H and O–H groups in total. The Labute approximate surface area is 162 Å². The number of aryl methyl sites for hydroxylation is 1. The van der Waals surface area contributed by atoms with E-state index < -0.39 is 5.97 Å². The molecule has 8 nitrogen and oxygen atoms in total. The van der Waals surface area contributed by atoms with Crippen molar-refractivity contribution in [1.29, 1.82) is 0 Å². The quantitative estimate of drug-likeness (QED) is 0.779. The van der Waals surface area contributed by atoms with E-state index in [1.807, 2.05) is 13.8 Å². The topological polar surface area (TPSA) is 87.7 Å². The van der Waals surface area contributed by atoms with Crippen LogP contribution in [-0.2, 0) is 9.53 Å². The number of hydrogen-bond acceptors (Lipinski definition) is 8. The molecule has 0 aromatic carbocycles. The minimum absolute atomic E-state index is 0.134. The van der Waals surface area contributed by atoms with Crippen molar-refractivity contribution in [1.82, 2.24) is 14.9 Å². The van der Waals surface area contributed by atoms with Gasteiger partial charge in [-0.05, 0) is 25.5 Å². The molecule has 2 aromatic rings. The molecule has 0 atom stereocenters. The van der Waals surface area contributed by atoms with E-state index >= 15 is 0 Å². The maximum absolute atomic E-state index is 12.5. The Balaban J connectivity index is 1.57. The molecule has 3 heterocycles. The van der Waals surface area contributed by atoms with Gasteiger partial charge < -0.3 is 15.0 Å². The number of ether oxygens (including phenoxy) is 1. The largest absolute Gasteiger partial charge is 0.465 e. The highest BCUT2D eigenvalue weighted by Gasteiger charge is 2.24. The third kappa shape index (κ3) is 4.42. The molecule has 9 heteroatoms. The molecular formula is C18H23N5O3S. The number of anilines is 2. The van der Waals surface area contributed by atoms with Crippen LogP contribution in [0.25, 0.3) is 0 Å². The third-order valence-corrected chi connectivity index (χ3v) is 5.72. The van der Waals surface area contributed by atoms with Crippen molar-refractivity contribution in [3.8, 4) is 0 Å². The van der Waals surface area contributed by atoms with Gasteiger partial charge in [0.15, 0.2) is 0 Å². The maximum Gasteiger partial charge on any atom is 0.341 e.